The lowest BCUT2D eigenvalue weighted by molar-refractivity contribution is -0.140. The number of cyclic esters (lactones) is 1. The van der Waals surface area contributed by atoms with E-state index >= 15 is 0 Å². The Morgan fingerprint density at radius 2 is 1.93 bits per heavy atom. The molecule has 0 radical (unpaired) electrons. The molecule has 2 fully saturated rings. The zero-order chi connectivity index (χ0) is 22.4. The van der Waals surface area contributed by atoms with Crippen LogP contribution in [-0.2, 0) is 14.0 Å². The van der Waals surface area contributed by atoms with Gasteiger partial charge in [-0.25, -0.2) is 9.18 Å². The van der Waals surface area contributed by atoms with Gasteiger partial charge in [-0.3, -0.25) is 14.6 Å². The average molecular weight is 438 g/mol. The molecular formula is C21H32FN3O4Si. The van der Waals surface area contributed by atoms with E-state index in [4.69, 9.17) is 9.16 Å². The largest absolute Gasteiger partial charge is 0.421 e. The molecule has 0 bridgehead atoms. The molecule has 0 saturated carbocycles. The van der Waals surface area contributed by atoms with Gasteiger partial charge in [-0.1, -0.05) is 26.8 Å². The Kier molecular flexibility index (Phi) is 6.01. The molecule has 9 heteroatoms. The number of rotatable bonds is 5. The zero-order valence-electron chi connectivity index (χ0n) is 18.8. The van der Waals surface area contributed by atoms with Crippen LogP contribution in [0, 0.1) is 5.82 Å². The molecule has 0 aliphatic carbocycles. The van der Waals surface area contributed by atoms with Crippen molar-refractivity contribution in [1.82, 2.24) is 9.80 Å². The van der Waals surface area contributed by atoms with E-state index in [0.717, 1.165) is 0 Å². The van der Waals surface area contributed by atoms with Crippen LogP contribution in [-0.4, -0.2) is 68.8 Å². The maximum absolute atomic E-state index is 13.8. The van der Waals surface area contributed by atoms with Gasteiger partial charge in [0.2, 0.25) is 12.1 Å². The fourth-order valence-corrected chi connectivity index (χ4v) is 4.83. The highest BCUT2D eigenvalue weighted by Crippen LogP contribution is 2.40. The molecule has 1 aromatic rings. The SMILES string of the molecule is CC(=O)N(C)C1OC(=O)N(c2cccc(F)c2)C1N1CC(O[Si](C)(C)C(C)(C)C)C1. The van der Waals surface area contributed by atoms with Gasteiger partial charge in [-0.05, 0) is 36.3 Å². The molecule has 2 aliphatic heterocycles. The first-order chi connectivity index (χ1) is 13.8. The number of carbonyl (C=O) groups is 2. The highest BCUT2D eigenvalue weighted by molar-refractivity contribution is 6.74. The minimum absolute atomic E-state index is 0.0548. The Labute approximate surface area is 178 Å². The number of amides is 2. The van der Waals surface area contributed by atoms with Crippen LogP contribution in [0.15, 0.2) is 24.3 Å². The summed E-state index contributed by atoms with van der Waals surface area (Å²) in [7, 11) is -0.315. The standard InChI is InChI=1S/C21H32FN3O4Si/c1-14(26)23(5)19-18(24-12-17(13-24)29-30(6,7)21(2,3)4)25(20(27)28-19)16-10-8-9-15(22)11-16/h8-11,17-19H,12-13H2,1-7H3. The van der Waals surface area contributed by atoms with E-state index in [-0.39, 0.29) is 17.0 Å². The van der Waals surface area contributed by atoms with Crippen molar-refractivity contribution in [3.63, 3.8) is 0 Å². The maximum atomic E-state index is 13.8. The number of anilines is 1. The van der Waals surface area contributed by atoms with Crippen LogP contribution in [0.3, 0.4) is 0 Å². The number of hydrogen-bond acceptors (Lipinski definition) is 5. The second-order valence-corrected chi connectivity index (χ2v) is 14.4. The quantitative estimate of drug-likeness (QED) is 0.659. The van der Waals surface area contributed by atoms with Crippen molar-refractivity contribution in [1.29, 1.82) is 0 Å². The van der Waals surface area contributed by atoms with Crippen molar-refractivity contribution in [3.05, 3.63) is 30.1 Å². The van der Waals surface area contributed by atoms with Crippen molar-refractivity contribution in [3.8, 4) is 0 Å². The summed E-state index contributed by atoms with van der Waals surface area (Å²) in [5.41, 5.74) is 0.401. The summed E-state index contributed by atoms with van der Waals surface area (Å²) in [5.74, 6) is -0.654. The van der Waals surface area contributed by atoms with E-state index in [1.165, 1.54) is 28.9 Å². The topological polar surface area (TPSA) is 62.3 Å². The minimum Gasteiger partial charge on any atom is -0.421 e. The molecule has 0 spiro atoms. The van der Waals surface area contributed by atoms with Crippen molar-refractivity contribution < 1.29 is 23.1 Å². The molecule has 2 aliphatic rings. The monoisotopic (exact) mass is 437 g/mol. The molecule has 2 saturated heterocycles. The number of likely N-dealkylation sites (tertiary alicyclic amines) is 1. The number of carbonyl (C=O) groups excluding carboxylic acids is 2. The van der Waals surface area contributed by atoms with Crippen LogP contribution >= 0.6 is 0 Å². The van der Waals surface area contributed by atoms with Gasteiger partial charge in [0.25, 0.3) is 0 Å². The summed E-state index contributed by atoms with van der Waals surface area (Å²) < 4.78 is 25.9. The van der Waals surface area contributed by atoms with Gasteiger partial charge >= 0.3 is 6.09 Å². The van der Waals surface area contributed by atoms with Crippen LogP contribution in [0.5, 0.6) is 0 Å². The van der Waals surface area contributed by atoms with Crippen LogP contribution < -0.4 is 4.90 Å². The van der Waals surface area contributed by atoms with Crippen LogP contribution in [0.1, 0.15) is 27.7 Å². The Morgan fingerprint density at radius 3 is 2.47 bits per heavy atom. The number of benzene rings is 1. The number of ether oxygens (including phenoxy) is 1. The smallest absolute Gasteiger partial charge is 0.417 e. The predicted molar refractivity (Wildman–Crippen MR) is 115 cm³/mol. The normalized spacial score (nSPS) is 23.3. The van der Waals surface area contributed by atoms with Crippen molar-refractivity contribution >= 4 is 26.0 Å². The third-order valence-corrected chi connectivity index (χ3v) is 11.0. The third-order valence-electron chi connectivity index (χ3n) is 6.42. The van der Waals surface area contributed by atoms with Gasteiger partial charge in [0.1, 0.15) is 5.82 Å². The fourth-order valence-electron chi connectivity index (χ4n) is 3.50. The van der Waals surface area contributed by atoms with Gasteiger partial charge in [0.05, 0.1) is 11.8 Å². The molecule has 0 aromatic heterocycles. The van der Waals surface area contributed by atoms with Gasteiger partial charge < -0.3 is 14.1 Å². The minimum atomic E-state index is -1.92. The molecule has 166 valence electrons. The summed E-state index contributed by atoms with van der Waals surface area (Å²) in [5, 5.41) is 0.102. The molecular weight excluding hydrogens is 405 g/mol. The maximum Gasteiger partial charge on any atom is 0.417 e. The van der Waals surface area contributed by atoms with Crippen molar-refractivity contribution in [2.24, 2.45) is 0 Å². The highest BCUT2D eigenvalue weighted by Gasteiger charge is 2.53. The third kappa shape index (κ3) is 4.24. The van der Waals surface area contributed by atoms with E-state index in [0.29, 0.717) is 18.8 Å². The summed E-state index contributed by atoms with van der Waals surface area (Å²) in [4.78, 5) is 29.6. The van der Waals surface area contributed by atoms with Gasteiger partial charge in [0.15, 0.2) is 14.5 Å². The van der Waals surface area contributed by atoms with Crippen molar-refractivity contribution in [2.45, 2.75) is 64.3 Å². The second kappa shape index (κ2) is 7.94. The average Bonchev–Trinajstić information content (AvgIpc) is 2.92. The lowest BCUT2D eigenvalue weighted by Crippen LogP contribution is -2.66. The molecule has 3 rings (SSSR count). The molecule has 2 unspecified atom stereocenters. The van der Waals surface area contributed by atoms with E-state index < -0.39 is 32.6 Å². The first kappa shape index (κ1) is 22.7. The summed E-state index contributed by atoms with van der Waals surface area (Å²) >= 11 is 0. The molecule has 0 N–H and O–H groups in total. The van der Waals surface area contributed by atoms with Crippen LogP contribution in [0.25, 0.3) is 0 Å². The number of nitrogens with zero attached hydrogens (tertiary/aromatic N) is 3. The molecule has 2 atom stereocenters. The van der Waals surface area contributed by atoms with Crippen LogP contribution in [0.2, 0.25) is 18.1 Å². The van der Waals surface area contributed by atoms with E-state index in [2.05, 4.69) is 38.8 Å². The fraction of sp³-hybridized carbons (Fsp3) is 0.619. The zero-order valence-corrected chi connectivity index (χ0v) is 19.8. The second-order valence-electron chi connectivity index (χ2n) is 9.62. The Balaban J connectivity index is 1.83. The Morgan fingerprint density at radius 1 is 1.30 bits per heavy atom. The van der Waals surface area contributed by atoms with Gasteiger partial charge in [-0.15, -0.1) is 0 Å². The lowest BCUT2D eigenvalue weighted by Gasteiger charge is -2.50. The molecule has 30 heavy (non-hydrogen) atoms. The lowest BCUT2D eigenvalue weighted by atomic mass is 10.1. The van der Waals surface area contributed by atoms with Crippen molar-refractivity contribution in [2.75, 3.05) is 25.0 Å². The Bertz CT molecular complexity index is 823. The Hall–Kier alpha value is -1.97. The highest BCUT2D eigenvalue weighted by atomic mass is 28.4. The first-order valence-corrected chi connectivity index (χ1v) is 13.1. The molecule has 2 amide bonds. The van der Waals surface area contributed by atoms with Crippen LogP contribution in [0.4, 0.5) is 14.9 Å². The summed E-state index contributed by atoms with van der Waals surface area (Å²) in [6, 6.07) is 5.84. The van der Waals surface area contributed by atoms with Gasteiger partial charge in [0, 0.05) is 27.1 Å². The van der Waals surface area contributed by atoms with E-state index in [1.54, 1.807) is 19.2 Å². The van der Waals surface area contributed by atoms with E-state index in [1.807, 2.05) is 0 Å². The number of hydrogen-bond donors (Lipinski definition) is 0. The number of likely N-dealkylation sites (N-methyl/N-ethyl adjacent to an activating group) is 1. The van der Waals surface area contributed by atoms with Gasteiger partial charge in [-0.2, -0.15) is 0 Å². The first-order valence-electron chi connectivity index (χ1n) is 10.2. The molecule has 1 aromatic carbocycles. The molecule has 7 nitrogen and oxygen atoms in total. The summed E-state index contributed by atoms with van der Waals surface area (Å²) in [6.45, 7) is 13.7. The van der Waals surface area contributed by atoms with E-state index in [9.17, 15) is 14.0 Å². The predicted octanol–water partition coefficient (Wildman–Crippen LogP) is 3.62. The molecule has 2 heterocycles. The summed E-state index contributed by atoms with van der Waals surface area (Å²) in [6.07, 6.45) is -1.88. The number of halogens is 1.